The molecule has 1 atom stereocenters. The van der Waals surface area contributed by atoms with Crippen LogP contribution in [-0.4, -0.2) is 62.3 Å². The Morgan fingerprint density at radius 2 is 1.75 bits per heavy atom. The van der Waals surface area contributed by atoms with Gasteiger partial charge < -0.3 is 10.2 Å². The number of nitrogens with one attached hydrogen (secondary N) is 1. The molecule has 2 aliphatic rings. The number of carbonyl (C=O) groups excluding carboxylic acids is 1. The van der Waals surface area contributed by atoms with Gasteiger partial charge in [-0.25, -0.2) is 8.42 Å². The van der Waals surface area contributed by atoms with E-state index in [1.54, 1.807) is 0 Å². The molecule has 1 amide bonds. The highest BCUT2D eigenvalue weighted by Crippen LogP contribution is 2.25. The average Bonchev–Trinajstić information content (AvgIpc) is 3.23. The second-order valence-electron chi connectivity index (χ2n) is 7.74. The van der Waals surface area contributed by atoms with Gasteiger partial charge >= 0.3 is 0 Å². The van der Waals surface area contributed by atoms with E-state index in [1.165, 1.54) is 35.3 Å². The van der Waals surface area contributed by atoms with E-state index in [2.05, 4.69) is 17.1 Å². The number of halogens is 1. The summed E-state index contributed by atoms with van der Waals surface area (Å²) in [5.74, 6) is -0.325. The number of nitrogens with zero attached hydrogens (tertiary/aromatic N) is 2. The summed E-state index contributed by atoms with van der Waals surface area (Å²) in [4.78, 5) is 15.2. The SMILES string of the molecule is CC(CCNC(=O)c1cc(S(=O)(=O)N2CCCCC2)ccc1Cl)N1CCCC1. The van der Waals surface area contributed by atoms with Crippen molar-refractivity contribution in [3.63, 3.8) is 0 Å². The van der Waals surface area contributed by atoms with Gasteiger partial charge in [-0.15, -0.1) is 0 Å². The van der Waals surface area contributed by atoms with Crippen molar-refractivity contribution in [3.8, 4) is 0 Å². The fraction of sp³-hybridized carbons (Fsp3) is 0.650. The number of hydrogen-bond acceptors (Lipinski definition) is 4. The summed E-state index contributed by atoms with van der Waals surface area (Å²) in [6.07, 6.45) is 6.13. The van der Waals surface area contributed by atoms with E-state index in [4.69, 9.17) is 11.6 Å². The number of rotatable bonds is 7. The molecule has 6 nitrogen and oxygen atoms in total. The molecule has 28 heavy (non-hydrogen) atoms. The van der Waals surface area contributed by atoms with E-state index in [0.717, 1.165) is 38.8 Å². The molecule has 156 valence electrons. The zero-order chi connectivity index (χ0) is 20.1. The molecule has 1 unspecified atom stereocenters. The molecule has 2 saturated heterocycles. The quantitative estimate of drug-likeness (QED) is 0.725. The number of benzene rings is 1. The molecule has 3 rings (SSSR count). The van der Waals surface area contributed by atoms with Gasteiger partial charge in [0.15, 0.2) is 0 Å². The van der Waals surface area contributed by atoms with Crippen LogP contribution in [-0.2, 0) is 10.0 Å². The van der Waals surface area contributed by atoms with Crippen LogP contribution >= 0.6 is 11.6 Å². The largest absolute Gasteiger partial charge is 0.352 e. The second-order valence-corrected chi connectivity index (χ2v) is 10.1. The molecular weight excluding hydrogens is 398 g/mol. The van der Waals surface area contributed by atoms with Crippen molar-refractivity contribution in [2.45, 2.75) is 56.4 Å². The highest BCUT2D eigenvalue weighted by Gasteiger charge is 2.27. The number of amides is 1. The molecule has 2 aliphatic heterocycles. The molecule has 1 aromatic carbocycles. The molecule has 2 fully saturated rings. The molecule has 1 N–H and O–H groups in total. The predicted octanol–water partition coefficient (Wildman–Crippen LogP) is 3.12. The zero-order valence-corrected chi connectivity index (χ0v) is 18.1. The van der Waals surface area contributed by atoms with Crippen LogP contribution in [0.4, 0.5) is 0 Å². The minimum atomic E-state index is -3.59. The van der Waals surface area contributed by atoms with E-state index in [9.17, 15) is 13.2 Å². The first kappa shape index (κ1) is 21.6. The summed E-state index contributed by atoms with van der Waals surface area (Å²) < 4.78 is 27.2. The third-order valence-electron chi connectivity index (χ3n) is 5.75. The van der Waals surface area contributed by atoms with Gasteiger partial charge in [0.05, 0.1) is 15.5 Å². The molecule has 0 saturated carbocycles. The monoisotopic (exact) mass is 427 g/mol. The first-order valence-corrected chi connectivity index (χ1v) is 12.0. The predicted molar refractivity (Wildman–Crippen MR) is 111 cm³/mol. The normalized spacial score (nSPS) is 20.2. The van der Waals surface area contributed by atoms with Crippen LogP contribution < -0.4 is 5.32 Å². The zero-order valence-electron chi connectivity index (χ0n) is 16.5. The topological polar surface area (TPSA) is 69.7 Å². The number of likely N-dealkylation sites (tertiary alicyclic amines) is 1. The first-order valence-electron chi connectivity index (χ1n) is 10.2. The van der Waals surface area contributed by atoms with E-state index in [-0.39, 0.29) is 21.4 Å². The Balaban J connectivity index is 1.64. The summed E-state index contributed by atoms with van der Waals surface area (Å²) in [6.45, 7) is 6.02. The van der Waals surface area contributed by atoms with Crippen molar-refractivity contribution in [1.82, 2.24) is 14.5 Å². The fourth-order valence-electron chi connectivity index (χ4n) is 3.95. The summed E-state index contributed by atoms with van der Waals surface area (Å²) in [5, 5.41) is 3.16. The van der Waals surface area contributed by atoms with Crippen molar-refractivity contribution in [3.05, 3.63) is 28.8 Å². The van der Waals surface area contributed by atoms with Crippen molar-refractivity contribution >= 4 is 27.5 Å². The minimum absolute atomic E-state index is 0.134. The summed E-state index contributed by atoms with van der Waals surface area (Å²) in [7, 11) is -3.59. The maximum absolute atomic E-state index is 12.9. The van der Waals surface area contributed by atoms with Crippen LogP contribution in [0, 0.1) is 0 Å². The van der Waals surface area contributed by atoms with E-state index < -0.39 is 10.0 Å². The van der Waals surface area contributed by atoms with Crippen molar-refractivity contribution in [1.29, 1.82) is 0 Å². The standard InChI is InChI=1S/C20H30ClN3O3S/c1-16(23-11-5-6-12-23)9-10-22-20(25)18-15-17(7-8-19(18)21)28(26,27)24-13-3-2-4-14-24/h7-8,15-16H,2-6,9-14H2,1H3,(H,22,25). The Morgan fingerprint density at radius 1 is 1.11 bits per heavy atom. The van der Waals surface area contributed by atoms with Crippen molar-refractivity contribution in [2.24, 2.45) is 0 Å². The lowest BCUT2D eigenvalue weighted by Crippen LogP contribution is -2.36. The van der Waals surface area contributed by atoms with E-state index in [1.807, 2.05) is 0 Å². The molecular formula is C20H30ClN3O3S. The van der Waals surface area contributed by atoms with Gasteiger partial charge in [-0.05, 0) is 70.3 Å². The van der Waals surface area contributed by atoms with Gasteiger partial charge in [0, 0.05) is 25.7 Å². The lowest BCUT2D eigenvalue weighted by molar-refractivity contribution is 0.0949. The molecule has 0 aromatic heterocycles. The smallest absolute Gasteiger partial charge is 0.252 e. The van der Waals surface area contributed by atoms with Crippen LogP contribution in [0.1, 0.15) is 55.8 Å². The Labute approximate surface area is 173 Å². The number of piperidine rings is 1. The van der Waals surface area contributed by atoms with Gasteiger partial charge in [-0.2, -0.15) is 4.31 Å². The van der Waals surface area contributed by atoms with Crippen LogP contribution in [0.2, 0.25) is 5.02 Å². The maximum atomic E-state index is 12.9. The minimum Gasteiger partial charge on any atom is -0.352 e. The van der Waals surface area contributed by atoms with Crippen LogP contribution in [0.15, 0.2) is 23.1 Å². The number of carbonyl (C=O) groups is 1. The van der Waals surface area contributed by atoms with Gasteiger partial charge in [-0.3, -0.25) is 4.79 Å². The van der Waals surface area contributed by atoms with Crippen LogP contribution in [0.3, 0.4) is 0 Å². The average molecular weight is 428 g/mol. The molecule has 0 aliphatic carbocycles. The Bertz CT molecular complexity index is 788. The maximum Gasteiger partial charge on any atom is 0.252 e. The van der Waals surface area contributed by atoms with Gasteiger partial charge in [0.2, 0.25) is 10.0 Å². The third-order valence-corrected chi connectivity index (χ3v) is 7.97. The molecule has 2 heterocycles. The molecule has 1 aromatic rings. The van der Waals surface area contributed by atoms with Gasteiger partial charge in [0.1, 0.15) is 0 Å². The Hall–Kier alpha value is -1.15. The summed E-state index contributed by atoms with van der Waals surface area (Å²) in [5.41, 5.74) is 0.216. The molecule has 8 heteroatoms. The summed E-state index contributed by atoms with van der Waals surface area (Å²) in [6, 6.07) is 4.81. The van der Waals surface area contributed by atoms with Gasteiger partial charge in [0.25, 0.3) is 5.91 Å². The molecule has 0 spiro atoms. The van der Waals surface area contributed by atoms with Crippen LogP contribution in [0.25, 0.3) is 0 Å². The summed E-state index contributed by atoms with van der Waals surface area (Å²) >= 11 is 6.19. The molecule has 0 bridgehead atoms. The Morgan fingerprint density at radius 3 is 2.43 bits per heavy atom. The third kappa shape index (κ3) is 5.06. The number of sulfonamides is 1. The highest BCUT2D eigenvalue weighted by atomic mass is 35.5. The lowest BCUT2D eigenvalue weighted by Gasteiger charge is -2.26. The van der Waals surface area contributed by atoms with Gasteiger partial charge in [-0.1, -0.05) is 18.0 Å². The van der Waals surface area contributed by atoms with Crippen LogP contribution in [0.5, 0.6) is 0 Å². The second kappa shape index (κ2) is 9.57. The first-order chi connectivity index (χ1) is 13.4. The van der Waals surface area contributed by atoms with Crippen molar-refractivity contribution in [2.75, 3.05) is 32.7 Å². The van der Waals surface area contributed by atoms with Crippen molar-refractivity contribution < 1.29 is 13.2 Å². The Kier molecular flexibility index (Phi) is 7.36. The number of hydrogen-bond donors (Lipinski definition) is 1. The van der Waals surface area contributed by atoms with E-state index in [0.29, 0.717) is 25.7 Å². The lowest BCUT2D eigenvalue weighted by atomic mass is 10.2. The fourth-order valence-corrected chi connectivity index (χ4v) is 5.70. The highest BCUT2D eigenvalue weighted by molar-refractivity contribution is 7.89. The van der Waals surface area contributed by atoms with E-state index >= 15 is 0 Å². The molecule has 0 radical (unpaired) electrons.